The molecule has 2 amide bonds. The predicted molar refractivity (Wildman–Crippen MR) is 69.0 cm³/mol. The molecular formula is C13H22N2O4. The van der Waals surface area contributed by atoms with Gasteiger partial charge in [-0.1, -0.05) is 19.3 Å². The molecule has 0 radical (unpaired) electrons. The molecule has 6 heteroatoms. The molecule has 1 heterocycles. The van der Waals surface area contributed by atoms with Crippen molar-refractivity contribution in [3.63, 3.8) is 0 Å². The first-order chi connectivity index (χ1) is 9.10. The van der Waals surface area contributed by atoms with Crippen molar-refractivity contribution < 1.29 is 19.4 Å². The maximum atomic E-state index is 12.0. The highest BCUT2D eigenvalue weighted by molar-refractivity contribution is 5.77. The molecule has 0 aromatic heterocycles. The van der Waals surface area contributed by atoms with E-state index in [1.807, 2.05) is 0 Å². The fourth-order valence-corrected chi connectivity index (χ4v) is 2.97. The van der Waals surface area contributed by atoms with Crippen LogP contribution in [0.1, 0.15) is 44.9 Å². The second kappa shape index (κ2) is 6.23. The molecule has 0 spiro atoms. The van der Waals surface area contributed by atoms with Gasteiger partial charge >= 0.3 is 12.0 Å². The molecular weight excluding hydrogens is 248 g/mol. The number of ether oxygens (including phenoxy) is 1. The highest BCUT2D eigenvalue weighted by Crippen LogP contribution is 2.31. The van der Waals surface area contributed by atoms with Gasteiger partial charge in [-0.05, 0) is 19.3 Å². The Hall–Kier alpha value is -1.30. The molecule has 0 aromatic carbocycles. The minimum atomic E-state index is -0.855. The second-order valence-corrected chi connectivity index (χ2v) is 5.57. The number of hydrogen-bond donors (Lipinski definition) is 3. The van der Waals surface area contributed by atoms with Crippen LogP contribution in [0, 0.1) is 0 Å². The standard InChI is InChI=1S/C13H22N2O4/c16-11(17)8-13(5-2-1-3-6-13)15-12(18)14-10-4-7-19-9-10/h10H,1-9H2,(H,16,17)(H2,14,15,18). The molecule has 6 nitrogen and oxygen atoms in total. The Balaban J connectivity index is 1.90. The predicted octanol–water partition coefficient (Wildman–Crippen LogP) is 1.25. The molecule has 2 fully saturated rings. The van der Waals surface area contributed by atoms with Crippen LogP contribution in [-0.4, -0.2) is 41.9 Å². The molecule has 0 bridgehead atoms. The smallest absolute Gasteiger partial charge is 0.315 e. The third-order valence-electron chi connectivity index (χ3n) is 3.94. The number of carbonyl (C=O) groups is 2. The number of carboxylic acid groups (broad SMARTS) is 1. The lowest BCUT2D eigenvalue weighted by molar-refractivity contribution is -0.139. The second-order valence-electron chi connectivity index (χ2n) is 5.57. The summed E-state index contributed by atoms with van der Waals surface area (Å²) in [6, 6.07) is -0.218. The van der Waals surface area contributed by atoms with Crippen LogP contribution in [0.25, 0.3) is 0 Å². The van der Waals surface area contributed by atoms with E-state index in [1.54, 1.807) is 0 Å². The van der Waals surface area contributed by atoms with Crippen molar-refractivity contribution in [1.29, 1.82) is 0 Å². The van der Waals surface area contributed by atoms with E-state index in [-0.39, 0.29) is 18.5 Å². The number of carbonyl (C=O) groups excluding carboxylic acids is 1. The number of rotatable bonds is 4. The van der Waals surface area contributed by atoms with E-state index in [1.165, 1.54) is 0 Å². The minimum absolute atomic E-state index is 0.00157. The van der Waals surface area contributed by atoms with Gasteiger partial charge in [-0.25, -0.2) is 4.79 Å². The SMILES string of the molecule is O=C(O)CC1(NC(=O)NC2CCOC2)CCCCC1. The summed E-state index contributed by atoms with van der Waals surface area (Å²) < 4.78 is 5.20. The van der Waals surface area contributed by atoms with Crippen molar-refractivity contribution in [3.05, 3.63) is 0 Å². The van der Waals surface area contributed by atoms with Gasteiger partial charge in [0.1, 0.15) is 0 Å². The van der Waals surface area contributed by atoms with Crippen LogP contribution in [0.5, 0.6) is 0 Å². The number of amides is 2. The largest absolute Gasteiger partial charge is 0.481 e. The van der Waals surface area contributed by atoms with E-state index >= 15 is 0 Å². The molecule has 108 valence electrons. The molecule has 1 saturated heterocycles. The molecule has 2 rings (SSSR count). The fourth-order valence-electron chi connectivity index (χ4n) is 2.97. The zero-order chi connectivity index (χ0) is 13.7. The summed E-state index contributed by atoms with van der Waals surface area (Å²) in [4.78, 5) is 23.0. The fraction of sp³-hybridized carbons (Fsp3) is 0.846. The van der Waals surface area contributed by atoms with Gasteiger partial charge in [-0.2, -0.15) is 0 Å². The molecule has 2 aliphatic rings. The van der Waals surface area contributed by atoms with E-state index in [0.717, 1.165) is 38.5 Å². The number of carboxylic acids is 1. The van der Waals surface area contributed by atoms with Crippen molar-refractivity contribution in [2.75, 3.05) is 13.2 Å². The summed E-state index contributed by atoms with van der Waals surface area (Å²) in [5, 5.41) is 14.8. The average molecular weight is 270 g/mol. The Morgan fingerprint density at radius 1 is 1.26 bits per heavy atom. The lowest BCUT2D eigenvalue weighted by Gasteiger charge is -2.37. The summed E-state index contributed by atoms with van der Waals surface area (Å²) in [6.07, 6.45) is 5.37. The van der Waals surface area contributed by atoms with Gasteiger partial charge in [0.25, 0.3) is 0 Å². The number of nitrogens with one attached hydrogen (secondary N) is 2. The van der Waals surface area contributed by atoms with Crippen LogP contribution >= 0.6 is 0 Å². The maximum Gasteiger partial charge on any atom is 0.315 e. The van der Waals surface area contributed by atoms with Crippen LogP contribution < -0.4 is 10.6 Å². The van der Waals surface area contributed by atoms with Crippen molar-refractivity contribution in [1.82, 2.24) is 10.6 Å². The molecule has 1 unspecified atom stereocenters. The number of urea groups is 1. The number of aliphatic carboxylic acids is 1. The third-order valence-corrected chi connectivity index (χ3v) is 3.94. The first kappa shape index (κ1) is 14.1. The van der Waals surface area contributed by atoms with Crippen LogP contribution in [0.4, 0.5) is 4.79 Å². The summed E-state index contributed by atoms with van der Waals surface area (Å²) in [6.45, 7) is 1.21. The highest BCUT2D eigenvalue weighted by atomic mass is 16.5. The molecule has 19 heavy (non-hydrogen) atoms. The van der Waals surface area contributed by atoms with Gasteiger partial charge in [0.15, 0.2) is 0 Å². The van der Waals surface area contributed by atoms with Crippen LogP contribution in [-0.2, 0) is 9.53 Å². The third kappa shape index (κ3) is 4.09. The van der Waals surface area contributed by atoms with Crippen molar-refractivity contribution in [2.45, 2.75) is 56.5 Å². The van der Waals surface area contributed by atoms with Gasteiger partial charge in [-0.3, -0.25) is 4.79 Å². The Kier molecular flexibility index (Phi) is 4.63. The normalized spacial score (nSPS) is 25.8. The van der Waals surface area contributed by atoms with E-state index in [4.69, 9.17) is 9.84 Å². The lowest BCUT2D eigenvalue weighted by Crippen LogP contribution is -2.55. The van der Waals surface area contributed by atoms with Crippen molar-refractivity contribution in [3.8, 4) is 0 Å². The Labute approximate surface area is 112 Å². The lowest BCUT2D eigenvalue weighted by atomic mass is 9.79. The van der Waals surface area contributed by atoms with Gasteiger partial charge < -0.3 is 20.5 Å². The first-order valence-electron chi connectivity index (χ1n) is 6.98. The summed E-state index contributed by atoms with van der Waals surface area (Å²) in [7, 11) is 0. The maximum absolute atomic E-state index is 12.0. The van der Waals surface area contributed by atoms with E-state index in [2.05, 4.69) is 10.6 Å². The Morgan fingerprint density at radius 2 is 2.00 bits per heavy atom. The number of hydrogen-bond acceptors (Lipinski definition) is 3. The molecule has 1 aliphatic carbocycles. The first-order valence-corrected chi connectivity index (χ1v) is 6.98. The molecule has 3 N–H and O–H groups in total. The summed E-state index contributed by atoms with van der Waals surface area (Å²) >= 11 is 0. The topological polar surface area (TPSA) is 87.7 Å². The molecule has 1 atom stereocenters. The molecule has 1 aliphatic heterocycles. The minimum Gasteiger partial charge on any atom is -0.481 e. The monoisotopic (exact) mass is 270 g/mol. The zero-order valence-electron chi connectivity index (χ0n) is 11.1. The highest BCUT2D eigenvalue weighted by Gasteiger charge is 2.36. The molecule has 1 saturated carbocycles. The van der Waals surface area contributed by atoms with Gasteiger partial charge in [0.2, 0.25) is 0 Å². The quantitative estimate of drug-likeness (QED) is 0.717. The Morgan fingerprint density at radius 3 is 2.58 bits per heavy atom. The van der Waals surface area contributed by atoms with Gasteiger partial charge in [0, 0.05) is 6.61 Å². The van der Waals surface area contributed by atoms with Crippen LogP contribution in [0.3, 0.4) is 0 Å². The van der Waals surface area contributed by atoms with Crippen molar-refractivity contribution in [2.24, 2.45) is 0 Å². The van der Waals surface area contributed by atoms with E-state index in [0.29, 0.717) is 13.2 Å². The van der Waals surface area contributed by atoms with E-state index < -0.39 is 11.5 Å². The Bertz CT molecular complexity index is 334. The molecule has 0 aromatic rings. The van der Waals surface area contributed by atoms with Gasteiger partial charge in [0.05, 0.1) is 24.6 Å². The van der Waals surface area contributed by atoms with Gasteiger partial charge in [-0.15, -0.1) is 0 Å². The van der Waals surface area contributed by atoms with Crippen LogP contribution in [0.2, 0.25) is 0 Å². The van der Waals surface area contributed by atoms with Crippen LogP contribution in [0.15, 0.2) is 0 Å². The van der Waals surface area contributed by atoms with Crippen molar-refractivity contribution >= 4 is 12.0 Å². The average Bonchev–Trinajstić information content (AvgIpc) is 2.81. The van der Waals surface area contributed by atoms with E-state index in [9.17, 15) is 9.59 Å². The zero-order valence-corrected chi connectivity index (χ0v) is 11.1. The summed E-state index contributed by atoms with van der Waals surface area (Å²) in [5.41, 5.74) is -0.576. The summed E-state index contributed by atoms with van der Waals surface area (Å²) in [5.74, 6) is -0.855.